The number of anilines is 1. The van der Waals surface area contributed by atoms with Crippen molar-refractivity contribution >= 4 is 63.4 Å². The van der Waals surface area contributed by atoms with Crippen molar-refractivity contribution < 1.29 is 19.4 Å². The van der Waals surface area contributed by atoms with E-state index in [4.69, 9.17) is 33.7 Å². The minimum Gasteiger partial charge on any atom is -0.478 e. The second kappa shape index (κ2) is 7.96. The third-order valence-corrected chi connectivity index (χ3v) is 4.59. The van der Waals surface area contributed by atoms with Gasteiger partial charge in [-0.2, -0.15) is 0 Å². The van der Waals surface area contributed by atoms with E-state index in [1.54, 1.807) is 37.3 Å². The van der Waals surface area contributed by atoms with E-state index < -0.39 is 11.9 Å². The van der Waals surface area contributed by atoms with Crippen LogP contribution in [0.5, 0.6) is 0 Å². The Morgan fingerprint density at radius 2 is 1.89 bits per heavy atom. The van der Waals surface area contributed by atoms with Crippen LogP contribution in [0.2, 0.25) is 10.0 Å². The molecular formula is C20H16Cl2N2O4. The number of nitrogens with one attached hydrogen (secondary N) is 1. The van der Waals surface area contributed by atoms with Crippen molar-refractivity contribution in [3.63, 3.8) is 0 Å². The van der Waals surface area contributed by atoms with E-state index in [1.807, 2.05) is 0 Å². The molecule has 0 unspecified atom stereocenters. The number of aromatic nitrogens is 1. The number of rotatable bonds is 5. The molecule has 0 fully saturated rings. The predicted octanol–water partition coefficient (Wildman–Crippen LogP) is 4.86. The number of ether oxygens (including phenoxy) is 1. The Kier molecular flexibility index (Phi) is 5.63. The van der Waals surface area contributed by atoms with Crippen LogP contribution in [0.15, 0.2) is 36.4 Å². The number of nitrogen functional groups attached to an aromatic ring is 1. The molecule has 0 aliphatic rings. The van der Waals surface area contributed by atoms with Gasteiger partial charge in [0.25, 0.3) is 0 Å². The van der Waals surface area contributed by atoms with Gasteiger partial charge in [-0.25, -0.2) is 9.59 Å². The number of hydrogen-bond donors (Lipinski definition) is 3. The fourth-order valence-corrected chi connectivity index (χ4v) is 3.45. The number of carboxylic acids is 1. The number of carbonyl (C=O) groups is 2. The number of aromatic amines is 1. The first kappa shape index (κ1) is 19.8. The average molecular weight is 419 g/mol. The van der Waals surface area contributed by atoms with Gasteiger partial charge in [-0.15, -0.1) is 0 Å². The van der Waals surface area contributed by atoms with Gasteiger partial charge in [-0.1, -0.05) is 35.3 Å². The maximum atomic E-state index is 12.4. The van der Waals surface area contributed by atoms with Gasteiger partial charge in [0.15, 0.2) is 0 Å². The van der Waals surface area contributed by atoms with Gasteiger partial charge in [0.1, 0.15) is 5.69 Å². The molecule has 3 rings (SSSR count). The molecule has 0 bridgehead atoms. The molecule has 0 spiro atoms. The predicted molar refractivity (Wildman–Crippen MR) is 111 cm³/mol. The van der Waals surface area contributed by atoms with Gasteiger partial charge >= 0.3 is 11.9 Å². The smallest absolute Gasteiger partial charge is 0.355 e. The number of hydrogen-bond acceptors (Lipinski definition) is 4. The van der Waals surface area contributed by atoms with Crippen LogP contribution in [0.1, 0.15) is 28.5 Å². The summed E-state index contributed by atoms with van der Waals surface area (Å²) in [5.41, 5.74) is 7.48. The van der Waals surface area contributed by atoms with E-state index in [-0.39, 0.29) is 22.9 Å². The van der Waals surface area contributed by atoms with Crippen molar-refractivity contribution in [3.8, 4) is 0 Å². The van der Waals surface area contributed by atoms with E-state index in [0.29, 0.717) is 32.7 Å². The van der Waals surface area contributed by atoms with E-state index in [9.17, 15) is 14.7 Å². The van der Waals surface area contributed by atoms with Gasteiger partial charge < -0.3 is 20.6 Å². The van der Waals surface area contributed by atoms with Crippen molar-refractivity contribution in [1.29, 1.82) is 0 Å². The van der Waals surface area contributed by atoms with E-state index in [0.717, 1.165) is 0 Å². The number of aliphatic carboxylic acids is 1. The second-order valence-electron chi connectivity index (χ2n) is 5.93. The molecule has 0 radical (unpaired) electrons. The molecular weight excluding hydrogens is 403 g/mol. The monoisotopic (exact) mass is 418 g/mol. The summed E-state index contributed by atoms with van der Waals surface area (Å²) >= 11 is 12.4. The van der Waals surface area contributed by atoms with Crippen LogP contribution in [0.3, 0.4) is 0 Å². The lowest BCUT2D eigenvalue weighted by atomic mass is 10.0. The molecule has 3 aromatic rings. The fourth-order valence-electron chi connectivity index (χ4n) is 2.86. The number of nitrogens with two attached hydrogens (primary N) is 1. The van der Waals surface area contributed by atoms with E-state index in [1.165, 1.54) is 12.1 Å². The first-order valence-electron chi connectivity index (χ1n) is 8.30. The molecule has 0 saturated heterocycles. The highest BCUT2D eigenvalue weighted by Crippen LogP contribution is 2.35. The lowest BCUT2D eigenvalue weighted by Crippen LogP contribution is -2.07. The first-order chi connectivity index (χ1) is 13.3. The zero-order valence-corrected chi connectivity index (χ0v) is 16.3. The Morgan fingerprint density at radius 3 is 2.50 bits per heavy atom. The number of H-pyrrole nitrogens is 1. The Bertz CT molecular complexity index is 1100. The van der Waals surface area contributed by atoms with Crippen LogP contribution in [-0.4, -0.2) is 28.6 Å². The van der Waals surface area contributed by atoms with Crippen molar-refractivity contribution in [3.05, 3.63) is 63.3 Å². The molecule has 4 N–H and O–H groups in total. The summed E-state index contributed by atoms with van der Waals surface area (Å²) in [6, 6.07) is 9.50. The molecule has 28 heavy (non-hydrogen) atoms. The third-order valence-electron chi connectivity index (χ3n) is 4.07. The quantitative estimate of drug-likeness (QED) is 0.311. The molecule has 0 aliphatic heterocycles. The minimum atomic E-state index is -1.17. The Morgan fingerprint density at radius 1 is 1.21 bits per heavy atom. The second-order valence-corrected chi connectivity index (χ2v) is 6.77. The van der Waals surface area contributed by atoms with E-state index >= 15 is 0 Å². The summed E-state index contributed by atoms with van der Waals surface area (Å²) in [5, 5.41) is 10.9. The molecule has 6 nitrogen and oxygen atoms in total. The highest BCUT2D eigenvalue weighted by atomic mass is 35.5. The molecule has 0 atom stereocenters. The van der Waals surface area contributed by atoms with Gasteiger partial charge in [0.05, 0.1) is 17.2 Å². The number of carboxylic acid groups (broad SMARTS) is 1. The summed E-state index contributed by atoms with van der Waals surface area (Å²) in [6.45, 7) is 1.84. The lowest BCUT2D eigenvalue weighted by Gasteiger charge is -2.06. The summed E-state index contributed by atoms with van der Waals surface area (Å²) < 4.78 is 5.09. The third kappa shape index (κ3) is 3.83. The summed E-state index contributed by atoms with van der Waals surface area (Å²) in [5.74, 6) is -1.79. The van der Waals surface area contributed by atoms with Gasteiger partial charge in [-0.3, -0.25) is 0 Å². The van der Waals surface area contributed by atoms with E-state index in [2.05, 4.69) is 4.98 Å². The van der Waals surface area contributed by atoms with Gasteiger partial charge in [0.2, 0.25) is 0 Å². The molecule has 144 valence electrons. The maximum Gasteiger partial charge on any atom is 0.355 e. The van der Waals surface area contributed by atoms with Crippen LogP contribution in [0, 0.1) is 0 Å². The van der Waals surface area contributed by atoms with Gasteiger partial charge in [-0.05, 0) is 42.8 Å². The van der Waals surface area contributed by atoms with Crippen LogP contribution < -0.4 is 5.73 Å². The highest BCUT2D eigenvalue weighted by Gasteiger charge is 2.22. The van der Waals surface area contributed by atoms with Crippen molar-refractivity contribution in [2.75, 3.05) is 12.3 Å². The highest BCUT2D eigenvalue weighted by molar-refractivity contribution is 6.39. The van der Waals surface area contributed by atoms with Crippen LogP contribution in [0.25, 0.3) is 22.6 Å². The van der Waals surface area contributed by atoms with Crippen LogP contribution in [-0.2, 0) is 9.53 Å². The normalized spacial score (nSPS) is 11.6. The molecule has 0 saturated carbocycles. The number of carbonyl (C=O) groups excluding carboxylic acids is 1. The SMILES string of the molecule is CCOC(=O)c1[nH]c2cc(Cl)cc(Cl)c2c1/C=C(/C(=O)O)c1ccc(N)cc1. The number of fused-ring (bicyclic) bond motifs is 1. The minimum absolute atomic E-state index is 0.0301. The first-order valence-corrected chi connectivity index (χ1v) is 9.06. The number of benzene rings is 2. The summed E-state index contributed by atoms with van der Waals surface area (Å²) in [7, 11) is 0. The number of halogens is 2. The molecule has 0 amide bonds. The molecule has 0 aliphatic carbocycles. The Balaban J connectivity index is 2.30. The molecule has 1 heterocycles. The topological polar surface area (TPSA) is 105 Å². The van der Waals surface area contributed by atoms with Crippen molar-refractivity contribution in [1.82, 2.24) is 4.98 Å². The summed E-state index contributed by atoms with van der Waals surface area (Å²) in [6.07, 6.45) is 1.39. The van der Waals surface area contributed by atoms with Gasteiger partial charge in [0, 0.05) is 27.2 Å². The van der Waals surface area contributed by atoms with Crippen LogP contribution in [0.4, 0.5) is 5.69 Å². The lowest BCUT2D eigenvalue weighted by molar-refractivity contribution is -0.130. The molecule has 8 heteroatoms. The Hall–Kier alpha value is -2.96. The molecule has 1 aromatic heterocycles. The zero-order valence-electron chi connectivity index (χ0n) is 14.8. The standard InChI is InChI=1S/C20H16Cl2N2O4/c1-2-28-20(27)18-14(17-15(22)7-11(21)8-16(17)24-18)9-13(19(25)26)10-3-5-12(23)6-4-10/h3-9,24H,2,23H2,1H3,(H,25,26)/b13-9+. The average Bonchev–Trinajstić information content (AvgIpc) is 2.99. The van der Waals surface area contributed by atoms with Crippen molar-refractivity contribution in [2.24, 2.45) is 0 Å². The number of esters is 1. The molecule has 2 aromatic carbocycles. The van der Waals surface area contributed by atoms with Crippen molar-refractivity contribution in [2.45, 2.75) is 6.92 Å². The van der Waals surface area contributed by atoms with Crippen LogP contribution >= 0.6 is 23.2 Å². The fraction of sp³-hybridized carbons (Fsp3) is 0.100. The zero-order chi connectivity index (χ0) is 20.4. The largest absolute Gasteiger partial charge is 0.478 e. The maximum absolute atomic E-state index is 12.4. The Labute approximate surface area is 170 Å². The summed E-state index contributed by atoms with van der Waals surface area (Å²) in [4.78, 5) is 27.3.